The lowest BCUT2D eigenvalue weighted by Gasteiger charge is -2.28. The van der Waals surface area contributed by atoms with Crippen molar-refractivity contribution in [1.82, 2.24) is 0 Å². The van der Waals surface area contributed by atoms with E-state index in [0.29, 0.717) is 12.8 Å². The average molecular weight is 406 g/mol. The fraction of sp³-hybridized carbons (Fsp3) is 0.818. The smallest absolute Gasteiger partial charge is 0.448 e. The van der Waals surface area contributed by atoms with Crippen molar-refractivity contribution >= 4 is 32.2 Å². The second kappa shape index (κ2) is 5.31. The number of esters is 2. The largest absolute Gasteiger partial charge is 0.465 e. The predicted molar refractivity (Wildman–Crippen MR) is 70.9 cm³/mol. The highest BCUT2D eigenvalue weighted by atomic mass is 32.2. The molecule has 14 heteroatoms. The van der Waals surface area contributed by atoms with Gasteiger partial charge in [-0.1, -0.05) is 0 Å². The Morgan fingerprint density at radius 3 is 2.52 bits per heavy atom. The van der Waals surface area contributed by atoms with Gasteiger partial charge in [-0.2, -0.15) is 25.6 Å². The van der Waals surface area contributed by atoms with E-state index in [1.165, 1.54) is 0 Å². The molecular weight excluding hydrogens is 394 g/mol. The van der Waals surface area contributed by atoms with E-state index >= 15 is 0 Å². The molecule has 4 atom stereocenters. The molecular formula is C11H12F2O10S2. The molecule has 1 heterocycles. The molecule has 0 aromatic carbocycles. The molecule has 0 radical (unpaired) electrons. The Bertz CT molecular complexity index is 835. The van der Waals surface area contributed by atoms with Crippen molar-refractivity contribution in [2.24, 2.45) is 11.8 Å². The van der Waals surface area contributed by atoms with Crippen molar-refractivity contribution in [1.29, 1.82) is 0 Å². The van der Waals surface area contributed by atoms with Crippen LogP contribution in [0.25, 0.3) is 0 Å². The van der Waals surface area contributed by atoms with E-state index in [1.54, 1.807) is 0 Å². The van der Waals surface area contributed by atoms with Gasteiger partial charge in [0, 0.05) is 12.3 Å². The Kier molecular flexibility index (Phi) is 3.91. The molecule has 10 nitrogen and oxygen atoms in total. The van der Waals surface area contributed by atoms with E-state index in [9.17, 15) is 35.2 Å². The molecule has 0 aromatic rings. The van der Waals surface area contributed by atoms with Crippen LogP contribution < -0.4 is 0 Å². The van der Waals surface area contributed by atoms with Crippen LogP contribution in [0, 0.1) is 11.8 Å². The number of carbonyl (C=O) groups excluding carboxylic acids is 2. The van der Waals surface area contributed by atoms with Crippen molar-refractivity contribution in [3.8, 4) is 0 Å². The van der Waals surface area contributed by atoms with E-state index in [4.69, 9.17) is 13.5 Å². The van der Waals surface area contributed by atoms with Gasteiger partial charge in [-0.3, -0.25) is 4.55 Å². The zero-order valence-corrected chi connectivity index (χ0v) is 13.9. The number of rotatable bonds is 5. The summed E-state index contributed by atoms with van der Waals surface area (Å²) >= 11 is 0. The number of fused-ring (bicyclic) bond motifs is 1. The Balaban J connectivity index is 1.64. The van der Waals surface area contributed by atoms with Crippen LogP contribution in [0.2, 0.25) is 0 Å². The fourth-order valence-corrected chi connectivity index (χ4v) is 5.87. The Labute approximate surface area is 140 Å². The van der Waals surface area contributed by atoms with Crippen LogP contribution >= 0.6 is 0 Å². The van der Waals surface area contributed by atoms with Crippen molar-refractivity contribution in [2.75, 3.05) is 6.61 Å². The zero-order valence-electron chi connectivity index (χ0n) is 12.3. The molecule has 3 rings (SSSR count). The number of halogens is 2. The minimum atomic E-state index is -6.07. The first-order chi connectivity index (χ1) is 11.3. The highest BCUT2D eigenvalue weighted by Crippen LogP contribution is 2.60. The van der Waals surface area contributed by atoms with E-state index in [-0.39, 0.29) is 12.3 Å². The lowest BCUT2D eigenvalue weighted by molar-refractivity contribution is -0.209. The molecule has 0 amide bonds. The highest BCUT2D eigenvalue weighted by molar-refractivity contribution is 7.88. The Morgan fingerprint density at radius 1 is 1.32 bits per heavy atom. The van der Waals surface area contributed by atoms with Gasteiger partial charge in [0.2, 0.25) is 5.79 Å². The van der Waals surface area contributed by atoms with Crippen LogP contribution in [0.1, 0.15) is 19.3 Å². The lowest BCUT2D eigenvalue weighted by Crippen LogP contribution is -2.43. The van der Waals surface area contributed by atoms with Crippen molar-refractivity contribution < 1.29 is 53.4 Å². The van der Waals surface area contributed by atoms with Gasteiger partial charge in [-0.15, -0.1) is 0 Å². The summed E-state index contributed by atoms with van der Waals surface area (Å²) in [4.78, 5) is 22.7. The standard InChI is InChI=1S/C11H12F2O10S2/c12-11(13,25(18,19)20)9(15)21-4-8(14)22-10-3-5-1-6(10)7(2-5)24(16,17)23-10/h5-7H,1-4H2,(H,18,19,20). The van der Waals surface area contributed by atoms with Crippen LogP contribution in [0.4, 0.5) is 8.78 Å². The number of hydrogen-bond acceptors (Lipinski definition) is 9. The molecule has 3 aliphatic rings. The molecule has 142 valence electrons. The third-order valence-electron chi connectivity index (χ3n) is 4.54. The summed E-state index contributed by atoms with van der Waals surface area (Å²) in [5.41, 5.74) is 0. The topological polar surface area (TPSA) is 150 Å². The van der Waals surface area contributed by atoms with Gasteiger partial charge in [-0.25, -0.2) is 13.8 Å². The predicted octanol–water partition coefficient (Wildman–Crippen LogP) is -0.592. The average Bonchev–Trinajstić information content (AvgIpc) is 3.03. The molecule has 1 N–H and O–H groups in total. The zero-order chi connectivity index (χ0) is 18.8. The maximum Gasteiger partial charge on any atom is 0.465 e. The summed E-state index contributed by atoms with van der Waals surface area (Å²) in [6.45, 7) is -1.41. The molecule has 2 bridgehead atoms. The van der Waals surface area contributed by atoms with Gasteiger partial charge in [0.05, 0.1) is 5.25 Å². The summed E-state index contributed by atoms with van der Waals surface area (Å²) in [7, 11) is -9.99. The molecule has 25 heavy (non-hydrogen) atoms. The third kappa shape index (κ3) is 2.80. The molecule has 2 saturated carbocycles. The lowest BCUT2D eigenvalue weighted by atomic mass is 9.94. The molecule has 1 saturated heterocycles. The first-order valence-corrected chi connectivity index (χ1v) is 9.88. The minimum Gasteiger partial charge on any atom is -0.448 e. The first kappa shape index (κ1) is 18.4. The summed E-state index contributed by atoms with van der Waals surface area (Å²) in [5, 5.41) is -6.07. The normalized spacial score (nSPS) is 35.6. The van der Waals surface area contributed by atoms with Gasteiger partial charge in [0.1, 0.15) is 0 Å². The van der Waals surface area contributed by atoms with Gasteiger partial charge < -0.3 is 9.47 Å². The van der Waals surface area contributed by atoms with Crippen LogP contribution in [-0.2, 0) is 43.5 Å². The van der Waals surface area contributed by atoms with Crippen molar-refractivity contribution in [2.45, 2.75) is 35.6 Å². The maximum atomic E-state index is 13.0. The fourth-order valence-electron chi connectivity index (χ4n) is 3.63. The summed E-state index contributed by atoms with van der Waals surface area (Å²) in [6, 6.07) is 0. The number of alkyl halides is 2. The monoisotopic (exact) mass is 406 g/mol. The van der Waals surface area contributed by atoms with Crippen LogP contribution in [-0.4, -0.2) is 56.2 Å². The van der Waals surface area contributed by atoms with Gasteiger partial charge in [0.25, 0.3) is 10.1 Å². The summed E-state index contributed by atoms with van der Waals surface area (Å²) in [5.74, 6) is -6.44. The first-order valence-electron chi connectivity index (χ1n) is 6.97. The number of carbonyl (C=O) groups is 2. The summed E-state index contributed by atoms with van der Waals surface area (Å²) < 4.78 is 92.4. The van der Waals surface area contributed by atoms with Crippen LogP contribution in [0.15, 0.2) is 0 Å². The Morgan fingerprint density at radius 2 is 1.96 bits per heavy atom. The maximum absolute atomic E-state index is 13.0. The van der Waals surface area contributed by atoms with Gasteiger partial charge in [-0.05, 0) is 18.8 Å². The molecule has 0 spiro atoms. The highest BCUT2D eigenvalue weighted by Gasteiger charge is 2.70. The third-order valence-corrected chi connectivity index (χ3v) is 7.13. The van der Waals surface area contributed by atoms with Crippen molar-refractivity contribution in [3.05, 3.63) is 0 Å². The van der Waals surface area contributed by atoms with Crippen molar-refractivity contribution in [3.63, 3.8) is 0 Å². The molecule has 3 fully saturated rings. The van der Waals surface area contributed by atoms with E-state index in [2.05, 4.69) is 4.74 Å². The van der Waals surface area contributed by atoms with E-state index in [0.717, 1.165) is 0 Å². The minimum absolute atomic E-state index is 0.0357. The molecule has 1 aliphatic heterocycles. The second-order valence-corrected chi connectivity index (χ2v) is 9.34. The number of ether oxygens (including phenoxy) is 2. The van der Waals surface area contributed by atoms with Crippen LogP contribution in [0.5, 0.6) is 0 Å². The SMILES string of the molecule is O=C(COC(=O)C(F)(F)S(=O)(=O)O)OC12CC3CC1C(C3)S(=O)(=O)O2. The molecule has 2 aliphatic carbocycles. The van der Waals surface area contributed by atoms with Crippen LogP contribution in [0.3, 0.4) is 0 Å². The quantitative estimate of drug-likeness (QED) is 0.356. The Hall–Kier alpha value is -1.38. The van der Waals surface area contributed by atoms with Gasteiger partial charge >= 0.3 is 27.3 Å². The molecule has 4 unspecified atom stereocenters. The number of hydrogen-bond donors (Lipinski definition) is 1. The van der Waals surface area contributed by atoms with Gasteiger partial charge in [0.15, 0.2) is 6.61 Å². The molecule has 0 aromatic heterocycles. The second-order valence-electron chi connectivity index (χ2n) is 6.12. The summed E-state index contributed by atoms with van der Waals surface area (Å²) in [6.07, 6.45) is 0.938. The van der Waals surface area contributed by atoms with E-state index < -0.39 is 61.0 Å². The van der Waals surface area contributed by atoms with E-state index in [1.807, 2.05) is 0 Å².